The van der Waals surface area contributed by atoms with Gasteiger partial charge in [-0.1, -0.05) is 0 Å². The summed E-state index contributed by atoms with van der Waals surface area (Å²) in [7, 11) is 0. The first kappa shape index (κ1) is 9.13. The third-order valence-electron chi connectivity index (χ3n) is 3.90. The molecule has 3 heteroatoms. The lowest BCUT2D eigenvalue weighted by Crippen LogP contribution is -2.61. The molecule has 3 rings (SSSR count). The van der Waals surface area contributed by atoms with Gasteiger partial charge < -0.3 is 10.2 Å². The molecule has 2 saturated heterocycles. The Morgan fingerprint density at radius 1 is 1.00 bits per heavy atom. The van der Waals surface area contributed by atoms with Crippen LogP contribution in [-0.2, 0) is 0 Å². The molecular weight excluding hydrogens is 174 g/mol. The van der Waals surface area contributed by atoms with E-state index in [1.54, 1.807) is 0 Å². The Kier molecular flexibility index (Phi) is 2.48. The fourth-order valence-electron chi connectivity index (χ4n) is 2.51. The topological polar surface area (TPSA) is 18.5 Å². The van der Waals surface area contributed by atoms with Crippen LogP contribution in [0, 0.1) is 5.92 Å². The van der Waals surface area contributed by atoms with Gasteiger partial charge in [0.25, 0.3) is 0 Å². The fourth-order valence-corrected chi connectivity index (χ4v) is 2.51. The monoisotopic (exact) mass is 195 g/mol. The van der Waals surface area contributed by atoms with Crippen molar-refractivity contribution >= 4 is 0 Å². The van der Waals surface area contributed by atoms with Gasteiger partial charge in [0.05, 0.1) is 0 Å². The van der Waals surface area contributed by atoms with E-state index in [-0.39, 0.29) is 0 Å². The highest BCUT2D eigenvalue weighted by molar-refractivity contribution is 4.88. The molecule has 2 aliphatic heterocycles. The molecule has 1 aliphatic carbocycles. The summed E-state index contributed by atoms with van der Waals surface area (Å²) in [6.07, 6.45) is 2.99. The molecule has 0 aromatic heterocycles. The van der Waals surface area contributed by atoms with Crippen LogP contribution in [0.25, 0.3) is 0 Å². The fraction of sp³-hybridized carbons (Fsp3) is 1.00. The normalized spacial score (nSPS) is 31.7. The second-order valence-electron chi connectivity index (χ2n) is 5.09. The highest BCUT2D eigenvalue weighted by Crippen LogP contribution is 2.30. The van der Waals surface area contributed by atoms with E-state index in [2.05, 4.69) is 15.1 Å². The van der Waals surface area contributed by atoms with Crippen LogP contribution in [-0.4, -0.2) is 61.7 Å². The summed E-state index contributed by atoms with van der Waals surface area (Å²) in [5, 5.41) is 3.36. The molecule has 0 unspecified atom stereocenters. The maximum atomic E-state index is 3.36. The van der Waals surface area contributed by atoms with E-state index >= 15 is 0 Å². The Hall–Kier alpha value is -0.120. The van der Waals surface area contributed by atoms with Crippen LogP contribution in [0.1, 0.15) is 12.8 Å². The minimum atomic E-state index is 0.859. The smallest absolute Gasteiger partial charge is 0.0346 e. The van der Waals surface area contributed by atoms with Crippen molar-refractivity contribution in [1.29, 1.82) is 0 Å². The first-order valence-electron chi connectivity index (χ1n) is 6.09. The number of hydrogen-bond acceptors (Lipinski definition) is 3. The number of rotatable bonds is 3. The first-order valence-corrected chi connectivity index (χ1v) is 6.09. The quantitative estimate of drug-likeness (QED) is 0.683. The van der Waals surface area contributed by atoms with Gasteiger partial charge in [-0.2, -0.15) is 0 Å². The number of piperazine rings is 1. The molecule has 3 fully saturated rings. The number of nitrogens with one attached hydrogen (secondary N) is 1. The molecule has 0 amide bonds. The summed E-state index contributed by atoms with van der Waals surface area (Å²) < 4.78 is 0. The summed E-state index contributed by atoms with van der Waals surface area (Å²) in [6, 6.07) is 0.859. The highest BCUT2D eigenvalue weighted by atomic mass is 15.3. The molecule has 0 bridgehead atoms. The summed E-state index contributed by atoms with van der Waals surface area (Å²) >= 11 is 0. The molecule has 2 heterocycles. The summed E-state index contributed by atoms with van der Waals surface area (Å²) in [4.78, 5) is 5.33. The predicted octanol–water partition coefficient (Wildman–Crippen LogP) is -0.0142. The highest BCUT2D eigenvalue weighted by Gasteiger charge is 2.30. The van der Waals surface area contributed by atoms with Gasteiger partial charge in [-0.15, -0.1) is 0 Å². The number of nitrogens with zero attached hydrogens (tertiary/aromatic N) is 2. The Morgan fingerprint density at radius 3 is 2.21 bits per heavy atom. The lowest BCUT2D eigenvalue weighted by molar-refractivity contribution is 0.0708. The van der Waals surface area contributed by atoms with E-state index in [9.17, 15) is 0 Å². The standard InChI is InChI=1S/C11H21N3/c1-2-10(1)9-13-3-5-14(6-4-13)11-7-12-8-11/h10-12H,1-9H2. The Labute approximate surface area is 86.4 Å². The van der Waals surface area contributed by atoms with Gasteiger partial charge in [-0.3, -0.25) is 4.90 Å². The van der Waals surface area contributed by atoms with Crippen molar-refractivity contribution in [2.24, 2.45) is 5.92 Å². The second-order valence-corrected chi connectivity index (χ2v) is 5.09. The average molecular weight is 195 g/mol. The largest absolute Gasteiger partial charge is 0.314 e. The van der Waals surface area contributed by atoms with Crippen molar-refractivity contribution in [3.63, 3.8) is 0 Å². The summed E-state index contributed by atoms with van der Waals surface area (Å²) in [6.45, 7) is 9.07. The molecule has 1 N–H and O–H groups in total. The van der Waals surface area contributed by atoms with Crippen molar-refractivity contribution in [2.45, 2.75) is 18.9 Å². The zero-order chi connectivity index (χ0) is 9.38. The van der Waals surface area contributed by atoms with Gasteiger partial charge in [-0.05, 0) is 18.8 Å². The number of hydrogen-bond donors (Lipinski definition) is 1. The van der Waals surface area contributed by atoms with Crippen LogP contribution in [0.3, 0.4) is 0 Å². The average Bonchev–Trinajstić information content (AvgIpc) is 2.89. The van der Waals surface area contributed by atoms with Gasteiger partial charge in [0.15, 0.2) is 0 Å². The van der Waals surface area contributed by atoms with Crippen molar-refractivity contribution in [3.05, 3.63) is 0 Å². The van der Waals surface area contributed by atoms with Crippen LogP contribution in [0.2, 0.25) is 0 Å². The molecule has 0 radical (unpaired) electrons. The zero-order valence-corrected chi connectivity index (χ0v) is 8.91. The SMILES string of the molecule is C1CC1CN1CCN(C2CNC2)CC1. The van der Waals surface area contributed by atoms with Crippen LogP contribution < -0.4 is 5.32 Å². The Balaban J connectivity index is 1.41. The molecule has 3 aliphatic rings. The minimum absolute atomic E-state index is 0.859. The van der Waals surface area contributed by atoms with Gasteiger partial charge in [0, 0.05) is 51.9 Å². The molecule has 0 atom stereocenters. The van der Waals surface area contributed by atoms with E-state index in [1.807, 2.05) is 0 Å². The second kappa shape index (κ2) is 3.80. The van der Waals surface area contributed by atoms with Crippen LogP contribution >= 0.6 is 0 Å². The predicted molar refractivity (Wildman–Crippen MR) is 57.4 cm³/mol. The van der Waals surface area contributed by atoms with Gasteiger partial charge in [-0.25, -0.2) is 0 Å². The summed E-state index contributed by atoms with van der Waals surface area (Å²) in [5.41, 5.74) is 0. The molecular formula is C11H21N3. The van der Waals surface area contributed by atoms with Crippen molar-refractivity contribution in [3.8, 4) is 0 Å². The summed E-state index contributed by atoms with van der Waals surface area (Å²) in [5.74, 6) is 1.06. The van der Waals surface area contributed by atoms with Gasteiger partial charge >= 0.3 is 0 Å². The van der Waals surface area contributed by atoms with E-state index in [1.165, 1.54) is 58.7 Å². The van der Waals surface area contributed by atoms with Crippen LogP contribution in [0.5, 0.6) is 0 Å². The van der Waals surface area contributed by atoms with Crippen LogP contribution in [0.4, 0.5) is 0 Å². The van der Waals surface area contributed by atoms with Gasteiger partial charge in [0.1, 0.15) is 0 Å². The third-order valence-corrected chi connectivity index (χ3v) is 3.90. The maximum Gasteiger partial charge on any atom is 0.0346 e. The molecule has 14 heavy (non-hydrogen) atoms. The van der Waals surface area contributed by atoms with Crippen LogP contribution in [0.15, 0.2) is 0 Å². The first-order chi connectivity index (χ1) is 6.92. The molecule has 0 aromatic carbocycles. The molecule has 80 valence electrons. The molecule has 0 spiro atoms. The van der Waals surface area contributed by atoms with E-state index in [4.69, 9.17) is 0 Å². The minimum Gasteiger partial charge on any atom is -0.314 e. The van der Waals surface area contributed by atoms with Gasteiger partial charge in [0.2, 0.25) is 0 Å². The van der Waals surface area contributed by atoms with Crippen molar-refractivity contribution in [1.82, 2.24) is 15.1 Å². The zero-order valence-electron chi connectivity index (χ0n) is 8.91. The lowest BCUT2D eigenvalue weighted by atomic mass is 10.1. The Bertz CT molecular complexity index is 191. The maximum absolute atomic E-state index is 3.36. The van der Waals surface area contributed by atoms with Crippen molar-refractivity contribution in [2.75, 3.05) is 45.8 Å². The molecule has 1 saturated carbocycles. The lowest BCUT2D eigenvalue weighted by Gasteiger charge is -2.43. The van der Waals surface area contributed by atoms with E-state index < -0.39 is 0 Å². The third kappa shape index (κ3) is 1.95. The van der Waals surface area contributed by atoms with E-state index in [0.29, 0.717) is 0 Å². The molecule has 3 nitrogen and oxygen atoms in total. The van der Waals surface area contributed by atoms with Crippen molar-refractivity contribution < 1.29 is 0 Å². The Morgan fingerprint density at radius 2 is 1.71 bits per heavy atom. The molecule has 0 aromatic rings. The van der Waals surface area contributed by atoms with E-state index in [0.717, 1.165) is 12.0 Å².